The van der Waals surface area contributed by atoms with Crippen LogP contribution in [0.2, 0.25) is 0 Å². The second kappa shape index (κ2) is 12.1. The molecule has 2 aromatic carbocycles. The molecular weight excluding hydrogens is 435 g/mol. The van der Waals surface area contributed by atoms with E-state index >= 15 is 0 Å². The molecule has 0 spiro atoms. The van der Waals surface area contributed by atoms with Crippen molar-refractivity contribution in [2.75, 3.05) is 19.7 Å². The fraction of sp³-hybridized carbons (Fsp3) is 0.333. The molecule has 0 bridgehead atoms. The molecule has 1 heterocycles. The molecule has 1 aliphatic heterocycles. The van der Waals surface area contributed by atoms with Gasteiger partial charge >= 0.3 is 6.18 Å². The van der Waals surface area contributed by atoms with Crippen molar-refractivity contribution in [3.8, 4) is 0 Å². The molecule has 2 atom stereocenters. The highest BCUT2D eigenvalue weighted by molar-refractivity contribution is 7.99. The summed E-state index contributed by atoms with van der Waals surface area (Å²) in [5, 5.41) is 3.05. The van der Waals surface area contributed by atoms with Gasteiger partial charge < -0.3 is 10.1 Å². The zero-order valence-electron chi connectivity index (χ0n) is 14.3. The zero-order valence-corrected chi connectivity index (χ0v) is 18.0. The van der Waals surface area contributed by atoms with Crippen LogP contribution in [-0.4, -0.2) is 25.8 Å². The number of benzene rings is 2. The summed E-state index contributed by atoms with van der Waals surface area (Å²) in [4.78, 5) is 0.230. The summed E-state index contributed by atoms with van der Waals surface area (Å²) < 4.78 is 45.7. The maximum absolute atomic E-state index is 13.3. The first kappa shape index (κ1) is 26.5. The van der Waals surface area contributed by atoms with Crippen molar-refractivity contribution >= 4 is 51.2 Å². The molecule has 0 radical (unpaired) electrons. The number of halogens is 4. The number of hydrogen-bond acceptors (Lipinski definition) is 3. The lowest BCUT2D eigenvalue weighted by Gasteiger charge is -2.31. The second-order valence-corrected chi connectivity index (χ2v) is 6.74. The molecule has 2 aromatic rings. The van der Waals surface area contributed by atoms with Crippen molar-refractivity contribution in [3.63, 3.8) is 0 Å². The van der Waals surface area contributed by atoms with E-state index in [-0.39, 0.29) is 55.6 Å². The first-order valence-corrected chi connectivity index (χ1v) is 8.64. The van der Waals surface area contributed by atoms with E-state index in [4.69, 9.17) is 4.74 Å². The third-order valence-electron chi connectivity index (χ3n) is 3.87. The summed E-state index contributed by atoms with van der Waals surface area (Å²) in [5.41, 5.74) is 0.368. The minimum absolute atomic E-state index is 0. The number of alkyl halides is 3. The average Bonchev–Trinajstić information content (AvgIpc) is 2.61. The molecule has 1 N–H and O–H groups in total. The molecule has 1 fully saturated rings. The number of ether oxygens (including phenoxy) is 1. The van der Waals surface area contributed by atoms with Gasteiger partial charge in [-0.25, -0.2) is 0 Å². The lowest BCUT2D eigenvalue weighted by Crippen LogP contribution is -2.41. The number of morpholine rings is 1. The fourth-order valence-electron chi connectivity index (χ4n) is 2.72. The van der Waals surface area contributed by atoms with Crippen LogP contribution in [0.5, 0.6) is 0 Å². The van der Waals surface area contributed by atoms with Crippen LogP contribution in [0.3, 0.4) is 0 Å². The SMILES string of the molecule is Cl.FC(F)(F)c1ccccc1S[C@@H](c1ccccc1)[C@@H]1CNCCO1.S.S. The summed E-state index contributed by atoms with van der Waals surface area (Å²) in [6.07, 6.45) is -4.54. The Balaban J connectivity index is 0.00000225. The Morgan fingerprint density at radius 2 is 1.63 bits per heavy atom. The molecule has 2 nitrogen and oxygen atoms in total. The predicted molar refractivity (Wildman–Crippen MR) is 117 cm³/mol. The maximum Gasteiger partial charge on any atom is 0.417 e. The molecule has 1 aliphatic rings. The molecule has 0 unspecified atom stereocenters. The molecule has 1 saturated heterocycles. The van der Waals surface area contributed by atoms with E-state index in [2.05, 4.69) is 5.32 Å². The van der Waals surface area contributed by atoms with Gasteiger partial charge in [-0.05, 0) is 17.7 Å². The summed E-state index contributed by atoms with van der Waals surface area (Å²) in [6.45, 7) is 1.96. The topological polar surface area (TPSA) is 21.3 Å². The number of nitrogens with one attached hydrogen (secondary N) is 1. The van der Waals surface area contributed by atoms with Crippen LogP contribution in [0.4, 0.5) is 13.2 Å². The van der Waals surface area contributed by atoms with Gasteiger partial charge in [0.15, 0.2) is 0 Å². The van der Waals surface area contributed by atoms with E-state index in [0.29, 0.717) is 13.2 Å². The standard InChI is InChI=1S/C18H18F3NOS.ClH.2H2S/c19-18(20,21)14-8-4-5-9-16(14)24-17(13-6-2-1-3-7-13)15-12-22-10-11-23-15;;;/h1-9,15,17,22H,10-12H2;1H;2*1H2/t15-,17-;;;/m0.../s1. The van der Waals surface area contributed by atoms with E-state index in [0.717, 1.165) is 18.2 Å². The van der Waals surface area contributed by atoms with Crippen molar-refractivity contribution in [2.24, 2.45) is 0 Å². The first-order chi connectivity index (χ1) is 11.6. The Kier molecular flexibility index (Phi) is 11.9. The van der Waals surface area contributed by atoms with E-state index in [1.54, 1.807) is 6.07 Å². The number of thioether (sulfide) groups is 1. The Morgan fingerprint density at radius 3 is 2.22 bits per heavy atom. The Morgan fingerprint density at radius 1 is 1.00 bits per heavy atom. The van der Waals surface area contributed by atoms with Gasteiger partial charge in [-0.1, -0.05) is 42.5 Å². The summed E-state index contributed by atoms with van der Waals surface area (Å²) in [5.74, 6) is 0. The quantitative estimate of drug-likeness (QED) is 0.639. The fourth-order valence-corrected chi connectivity index (χ4v) is 4.08. The predicted octanol–water partition coefficient (Wildman–Crippen LogP) is 5.17. The smallest absolute Gasteiger partial charge is 0.374 e. The molecular formula is C18H23ClF3NOS3. The largest absolute Gasteiger partial charge is 0.417 e. The lowest BCUT2D eigenvalue weighted by molar-refractivity contribution is -0.139. The number of hydrogen-bond donors (Lipinski definition) is 1. The number of rotatable bonds is 4. The summed E-state index contributed by atoms with van der Waals surface area (Å²) >= 11 is 1.22. The van der Waals surface area contributed by atoms with Gasteiger partial charge in [-0.3, -0.25) is 0 Å². The van der Waals surface area contributed by atoms with Crippen molar-refractivity contribution in [1.82, 2.24) is 5.32 Å². The third-order valence-corrected chi connectivity index (χ3v) is 5.31. The normalized spacial score (nSPS) is 17.7. The van der Waals surface area contributed by atoms with Gasteiger partial charge in [-0.2, -0.15) is 40.2 Å². The van der Waals surface area contributed by atoms with Gasteiger partial charge in [0.25, 0.3) is 0 Å². The van der Waals surface area contributed by atoms with Gasteiger partial charge in [0.2, 0.25) is 0 Å². The van der Waals surface area contributed by atoms with Crippen LogP contribution >= 0.6 is 51.2 Å². The molecule has 9 heteroatoms. The lowest BCUT2D eigenvalue weighted by atomic mass is 10.1. The van der Waals surface area contributed by atoms with Crippen molar-refractivity contribution < 1.29 is 17.9 Å². The molecule has 3 rings (SSSR count). The Labute approximate surface area is 181 Å². The Bertz CT molecular complexity index is 670. The molecule has 0 saturated carbocycles. The maximum atomic E-state index is 13.3. The van der Waals surface area contributed by atoms with Crippen LogP contribution in [0.15, 0.2) is 59.5 Å². The highest BCUT2D eigenvalue weighted by Gasteiger charge is 2.35. The molecule has 0 aromatic heterocycles. The van der Waals surface area contributed by atoms with E-state index in [9.17, 15) is 13.2 Å². The van der Waals surface area contributed by atoms with Crippen molar-refractivity contribution in [1.29, 1.82) is 0 Å². The highest BCUT2D eigenvalue weighted by atomic mass is 35.5. The highest BCUT2D eigenvalue weighted by Crippen LogP contribution is 2.44. The Hall–Kier alpha value is -0.510. The van der Waals surface area contributed by atoms with Gasteiger partial charge in [0.05, 0.1) is 23.5 Å². The van der Waals surface area contributed by atoms with E-state index in [1.807, 2.05) is 30.3 Å². The van der Waals surface area contributed by atoms with Crippen molar-refractivity contribution in [3.05, 3.63) is 65.7 Å². The first-order valence-electron chi connectivity index (χ1n) is 7.76. The molecule has 152 valence electrons. The van der Waals surface area contributed by atoms with Crippen LogP contribution < -0.4 is 5.32 Å². The van der Waals surface area contributed by atoms with Gasteiger partial charge in [0, 0.05) is 18.0 Å². The van der Waals surface area contributed by atoms with Crippen LogP contribution in [0.25, 0.3) is 0 Å². The minimum Gasteiger partial charge on any atom is -0.374 e. The van der Waals surface area contributed by atoms with Gasteiger partial charge in [0.1, 0.15) is 0 Å². The minimum atomic E-state index is -4.36. The third kappa shape index (κ3) is 7.11. The average molecular weight is 458 g/mol. The molecule has 27 heavy (non-hydrogen) atoms. The van der Waals surface area contributed by atoms with E-state index < -0.39 is 11.7 Å². The second-order valence-electron chi connectivity index (χ2n) is 5.56. The molecule has 0 amide bonds. The van der Waals surface area contributed by atoms with Crippen LogP contribution in [0, 0.1) is 0 Å². The monoisotopic (exact) mass is 457 g/mol. The van der Waals surface area contributed by atoms with Crippen LogP contribution in [-0.2, 0) is 10.9 Å². The van der Waals surface area contributed by atoms with E-state index in [1.165, 1.54) is 23.9 Å². The summed E-state index contributed by atoms with van der Waals surface area (Å²) in [6, 6.07) is 15.3. The molecule has 0 aliphatic carbocycles. The van der Waals surface area contributed by atoms with Crippen molar-refractivity contribution in [2.45, 2.75) is 22.4 Å². The zero-order chi connectivity index (χ0) is 17.0. The van der Waals surface area contributed by atoms with Crippen LogP contribution in [0.1, 0.15) is 16.4 Å². The van der Waals surface area contributed by atoms with Gasteiger partial charge in [-0.15, -0.1) is 24.2 Å². The summed E-state index contributed by atoms with van der Waals surface area (Å²) in [7, 11) is 0.